The number of ether oxygens (including phenoxy) is 1. The number of phenolic OH excluding ortho intramolecular Hbond substituents is 1. The molecule has 0 amide bonds. The largest absolute Gasteiger partial charge is 0.507 e. The van der Waals surface area contributed by atoms with Crippen LogP contribution in [0.3, 0.4) is 0 Å². The van der Waals surface area contributed by atoms with Gasteiger partial charge in [-0.2, -0.15) is 0 Å². The van der Waals surface area contributed by atoms with Gasteiger partial charge in [-0.25, -0.2) is 0 Å². The van der Waals surface area contributed by atoms with Gasteiger partial charge in [-0.05, 0) is 115 Å². The van der Waals surface area contributed by atoms with Gasteiger partial charge in [-0.1, -0.05) is 27.4 Å². The molecule has 3 heteroatoms. The number of benzene rings is 1. The number of hydrogen-bond acceptors (Lipinski definition) is 2. The van der Waals surface area contributed by atoms with Crippen LogP contribution in [-0.2, 0) is 11.2 Å². The molecular weight excluding hydrogens is 459 g/mol. The number of phenols is 1. The Kier molecular flexibility index (Phi) is 4.23. The third-order valence-electron chi connectivity index (χ3n) is 9.31. The predicted octanol–water partition coefficient (Wildman–Crippen LogP) is 6.94. The van der Waals surface area contributed by atoms with Crippen molar-refractivity contribution in [1.82, 2.24) is 0 Å². The zero-order valence-electron chi connectivity index (χ0n) is 17.5. The zero-order chi connectivity index (χ0) is 19.9. The van der Waals surface area contributed by atoms with E-state index in [9.17, 15) is 5.11 Å². The second-order valence-corrected chi connectivity index (χ2v) is 12.0. The number of allylic oxidation sites excluding steroid dienone is 1. The average molecular weight is 492 g/mol. The van der Waals surface area contributed by atoms with Gasteiger partial charge in [0.1, 0.15) is 11.4 Å². The third-order valence-corrected chi connectivity index (χ3v) is 10.2. The molecule has 1 aromatic carbocycles. The molecule has 0 aromatic heterocycles. The third kappa shape index (κ3) is 2.50. The van der Waals surface area contributed by atoms with Gasteiger partial charge in [0.05, 0.1) is 9.33 Å². The van der Waals surface area contributed by atoms with E-state index in [2.05, 4.69) is 56.0 Å². The second-order valence-electron chi connectivity index (χ2n) is 10.8. The first-order valence-corrected chi connectivity index (χ1v) is 12.1. The summed E-state index contributed by atoms with van der Waals surface area (Å²) in [6.07, 6.45) is 9.77. The zero-order valence-corrected chi connectivity index (χ0v) is 19.6. The van der Waals surface area contributed by atoms with E-state index in [1.165, 1.54) is 56.1 Å². The van der Waals surface area contributed by atoms with Crippen molar-refractivity contribution in [2.24, 2.45) is 22.7 Å². The number of halogens is 1. The van der Waals surface area contributed by atoms with Crippen molar-refractivity contribution in [3.05, 3.63) is 39.2 Å². The van der Waals surface area contributed by atoms with Crippen LogP contribution in [0.25, 0.3) is 0 Å². The lowest BCUT2D eigenvalue weighted by atomic mass is 9.52. The number of rotatable bonds is 0. The molecule has 5 rings (SSSR count). The van der Waals surface area contributed by atoms with E-state index in [4.69, 9.17) is 4.74 Å². The first-order valence-electron chi connectivity index (χ1n) is 11.1. The van der Waals surface area contributed by atoms with Crippen molar-refractivity contribution in [1.29, 1.82) is 0 Å². The van der Waals surface area contributed by atoms with Crippen molar-refractivity contribution < 1.29 is 9.84 Å². The Bertz CT molecular complexity index is 843. The Balaban J connectivity index is 1.48. The topological polar surface area (TPSA) is 29.5 Å². The van der Waals surface area contributed by atoms with Gasteiger partial charge in [0.25, 0.3) is 0 Å². The monoisotopic (exact) mass is 492 g/mol. The molecule has 2 saturated carbocycles. The standard InChI is InChI=1S/C25H33IO2/c1-15-23(2,3)11-12-25(28-15)10-8-20-18-6-5-16-13-22(27)21(26)14-19(16)17(18)7-9-24(20,25)4/h13-14,17-18,20,27H,1,5-12H2,2-4H3/t17?,18?,20?,24-,25+/m0/s1. The molecule has 4 aliphatic rings. The molecule has 3 unspecified atom stereocenters. The molecule has 2 nitrogen and oxygen atoms in total. The van der Waals surface area contributed by atoms with Crippen LogP contribution in [-0.4, -0.2) is 10.7 Å². The van der Waals surface area contributed by atoms with Crippen molar-refractivity contribution in [2.75, 3.05) is 0 Å². The van der Waals surface area contributed by atoms with Gasteiger partial charge in [-0.3, -0.25) is 0 Å². The molecule has 1 aromatic rings. The first kappa shape index (κ1) is 19.3. The molecule has 3 fully saturated rings. The number of aromatic hydroxyl groups is 1. The SMILES string of the molecule is C=C1O[C@]2(CCC3C4CCc5cc(O)c(I)cc5C4CC[C@@]32C)CCC1(C)C. The minimum Gasteiger partial charge on any atom is -0.507 e. The maximum atomic E-state index is 10.2. The Labute approximate surface area is 183 Å². The molecule has 28 heavy (non-hydrogen) atoms. The lowest BCUT2D eigenvalue weighted by molar-refractivity contribution is -0.158. The molecule has 1 saturated heterocycles. The summed E-state index contributed by atoms with van der Waals surface area (Å²) in [5, 5.41) is 10.2. The summed E-state index contributed by atoms with van der Waals surface area (Å²) >= 11 is 2.28. The molecule has 3 aliphatic carbocycles. The first-order chi connectivity index (χ1) is 13.2. The van der Waals surface area contributed by atoms with E-state index in [1.807, 2.05) is 6.07 Å². The van der Waals surface area contributed by atoms with Crippen molar-refractivity contribution in [3.63, 3.8) is 0 Å². The van der Waals surface area contributed by atoms with Crippen LogP contribution >= 0.6 is 22.6 Å². The fourth-order valence-electron chi connectivity index (χ4n) is 7.33. The van der Waals surface area contributed by atoms with Crippen LogP contribution in [0, 0.1) is 26.2 Å². The second kappa shape index (κ2) is 6.15. The van der Waals surface area contributed by atoms with Gasteiger partial charge >= 0.3 is 0 Å². The van der Waals surface area contributed by atoms with Gasteiger partial charge in [0.15, 0.2) is 0 Å². The van der Waals surface area contributed by atoms with E-state index in [0.29, 0.717) is 11.7 Å². The van der Waals surface area contributed by atoms with Crippen LogP contribution in [0.5, 0.6) is 5.75 Å². The lowest BCUT2D eigenvalue weighted by Gasteiger charge is -2.57. The molecule has 1 N–H and O–H groups in total. The van der Waals surface area contributed by atoms with Crippen LogP contribution in [0.15, 0.2) is 24.5 Å². The normalized spacial score (nSPS) is 41.1. The summed E-state index contributed by atoms with van der Waals surface area (Å²) in [5.41, 5.74) is 3.31. The highest BCUT2D eigenvalue weighted by Gasteiger charge is 2.64. The van der Waals surface area contributed by atoms with Crippen molar-refractivity contribution >= 4 is 22.6 Å². The Morgan fingerprint density at radius 3 is 2.61 bits per heavy atom. The number of aryl methyl sites for hydroxylation is 1. The molecule has 5 atom stereocenters. The summed E-state index contributed by atoms with van der Waals surface area (Å²) in [6.45, 7) is 11.4. The summed E-state index contributed by atoms with van der Waals surface area (Å²) in [7, 11) is 0. The molecule has 1 spiro atoms. The molecular formula is C25H33IO2. The Hall–Kier alpha value is -0.710. The fraction of sp³-hybridized carbons (Fsp3) is 0.680. The molecule has 1 heterocycles. The highest BCUT2D eigenvalue weighted by atomic mass is 127. The van der Waals surface area contributed by atoms with Gasteiger partial charge in [0, 0.05) is 10.8 Å². The number of hydrogen-bond donors (Lipinski definition) is 1. The summed E-state index contributed by atoms with van der Waals surface area (Å²) in [4.78, 5) is 0. The van der Waals surface area contributed by atoms with Gasteiger partial charge in [0.2, 0.25) is 0 Å². The van der Waals surface area contributed by atoms with Crippen molar-refractivity contribution in [2.45, 2.75) is 83.7 Å². The highest BCUT2D eigenvalue weighted by molar-refractivity contribution is 14.1. The maximum Gasteiger partial charge on any atom is 0.129 e. The molecule has 152 valence electrons. The average Bonchev–Trinajstić information content (AvgIpc) is 2.92. The lowest BCUT2D eigenvalue weighted by Crippen LogP contribution is -2.54. The fourth-order valence-corrected chi connectivity index (χ4v) is 7.82. The van der Waals surface area contributed by atoms with Crippen LogP contribution < -0.4 is 0 Å². The minimum atomic E-state index is 0.0128. The van der Waals surface area contributed by atoms with Crippen LogP contribution in [0.2, 0.25) is 0 Å². The quantitative estimate of drug-likeness (QED) is 0.398. The summed E-state index contributed by atoms with van der Waals surface area (Å²) < 4.78 is 7.78. The highest BCUT2D eigenvalue weighted by Crippen LogP contribution is 2.68. The van der Waals surface area contributed by atoms with E-state index < -0.39 is 0 Å². The van der Waals surface area contributed by atoms with Crippen molar-refractivity contribution in [3.8, 4) is 5.75 Å². The van der Waals surface area contributed by atoms with E-state index in [0.717, 1.165) is 27.6 Å². The van der Waals surface area contributed by atoms with Crippen LogP contribution in [0.4, 0.5) is 0 Å². The van der Waals surface area contributed by atoms with Gasteiger partial charge < -0.3 is 9.84 Å². The smallest absolute Gasteiger partial charge is 0.129 e. The predicted molar refractivity (Wildman–Crippen MR) is 121 cm³/mol. The minimum absolute atomic E-state index is 0.0128. The summed E-state index contributed by atoms with van der Waals surface area (Å²) in [6, 6.07) is 4.31. The van der Waals surface area contributed by atoms with E-state index in [-0.39, 0.29) is 16.4 Å². The summed E-state index contributed by atoms with van der Waals surface area (Å²) in [5.74, 6) is 3.64. The van der Waals surface area contributed by atoms with Gasteiger partial charge in [-0.15, -0.1) is 0 Å². The molecule has 1 aliphatic heterocycles. The number of fused-ring (bicyclic) bond motifs is 6. The maximum absolute atomic E-state index is 10.2. The van der Waals surface area contributed by atoms with Crippen LogP contribution in [0.1, 0.15) is 82.8 Å². The molecule has 0 radical (unpaired) electrons. The Morgan fingerprint density at radius 1 is 1.07 bits per heavy atom. The van der Waals surface area contributed by atoms with E-state index >= 15 is 0 Å². The molecule has 0 bridgehead atoms. The Morgan fingerprint density at radius 2 is 1.86 bits per heavy atom. The van der Waals surface area contributed by atoms with E-state index in [1.54, 1.807) is 0 Å².